The number of hydrogen-bond acceptors (Lipinski definition) is 5. The van der Waals surface area contributed by atoms with Crippen molar-refractivity contribution in [1.29, 1.82) is 0 Å². The van der Waals surface area contributed by atoms with Gasteiger partial charge in [0.2, 0.25) is 5.91 Å². The molecule has 0 saturated carbocycles. The molecule has 0 aliphatic carbocycles. The Morgan fingerprint density at radius 1 is 1.30 bits per heavy atom. The van der Waals surface area contributed by atoms with Gasteiger partial charge in [-0.2, -0.15) is 4.68 Å². The van der Waals surface area contributed by atoms with Gasteiger partial charge >= 0.3 is 5.82 Å². The van der Waals surface area contributed by atoms with Crippen LogP contribution in [0.4, 0.5) is 10.2 Å². The standard InChI is InChI=1S/C17H19BrFN5O3/c1-12-16(18)17(24(26)27)20-23(12)11-15(25)22-8-6-21(7-9-22)10-13-4-2-3-5-14(13)19/h2-5H,6-11H2,1H3. The lowest BCUT2D eigenvalue weighted by Gasteiger charge is -2.34. The van der Waals surface area contributed by atoms with Crippen molar-refractivity contribution in [3.63, 3.8) is 0 Å². The molecule has 1 aromatic heterocycles. The second kappa shape index (κ2) is 8.13. The Kier molecular flexibility index (Phi) is 5.85. The van der Waals surface area contributed by atoms with E-state index in [2.05, 4.69) is 25.9 Å². The zero-order valence-corrected chi connectivity index (χ0v) is 16.4. The molecule has 0 radical (unpaired) electrons. The molecule has 0 bridgehead atoms. The van der Waals surface area contributed by atoms with Crippen LogP contribution in [0.1, 0.15) is 11.3 Å². The minimum atomic E-state index is -0.584. The van der Waals surface area contributed by atoms with Crippen LogP contribution in [0.5, 0.6) is 0 Å². The summed E-state index contributed by atoms with van der Waals surface area (Å²) < 4.78 is 15.4. The summed E-state index contributed by atoms with van der Waals surface area (Å²) in [6.07, 6.45) is 0. The third kappa shape index (κ3) is 4.33. The molecule has 1 aliphatic heterocycles. The summed E-state index contributed by atoms with van der Waals surface area (Å²) in [6.45, 7) is 4.46. The first-order valence-electron chi connectivity index (χ1n) is 8.47. The lowest BCUT2D eigenvalue weighted by Crippen LogP contribution is -2.49. The van der Waals surface area contributed by atoms with Crippen molar-refractivity contribution in [2.24, 2.45) is 0 Å². The minimum absolute atomic E-state index is 0.0500. The van der Waals surface area contributed by atoms with Crippen molar-refractivity contribution < 1.29 is 14.1 Å². The number of carbonyl (C=O) groups excluding carboxylic acids is 1. The second-order valence-corrected chi connectivity index (χ2v) is 7.18. The fourth-order valence-corrected chi connectivity index (χ4v) is 3.46. The predicted molar refractivity (Wildman–Crippen MR) is 99.6 cm³/mol. The first-order valence-corrected chi connectivity index (χ1v) is 9.27. The van der Waals surface area contributed by atoms with Crippen LogP contribution >= 0.6 is 15.9 Å². The molecule has 0 spiro atoms. The van der Waals surface area contributed by atoms with Crippen LogP contribution in [0.15, 0.2) is 28.7 Å². The van der Waals surface area contributed by atoms with Crippen LogP contribution in [-0.2, 0) is 17.9 Å². The molecule has 2 aromatic rings. The van der Waals surface area contributed by atoms with Crippen molar-refractivity contribution in [2.45, 2.75) is 20.0 Å². The molecule has 2 heterocycles. The molecular formula is C17H19BrFN5O3. The highest BCUT2D eigenvalue weighted by atomic mass is 79.9. The Morgan fingerprint density at radius 2 is 1.96 bits per heavy atom. The van der Waals surface area contributed by atoms with E-state index < -0.39 is 4.92 Å². The Morgan fingerprint density at radius 3 is 2.56 bits per heavy atom. The zero-order valence-electron chi connectivity index (χ0n) is 14.8. The van der Waals surface area contributed by atoms with Crippen molar-refractivity contribution in [3.05, 3.63) is 55.9 Å². The van der Waals surface area contributed by atoms with E-state index in [0.29, 0.717) is 44.0 Å². The molecule has 0 atom stereocenters. The summed E-state index contributed by atoms with van der Waals surface area (Å²) in [6, 6.07) is 6.67. The molecule has 8 nitrogen and oxygen atoms in total. The highest BCUT2D eigenvalue weighted by Crippen LogP contribution is 2.27. The van der Waals surface area contributed by atoms with Crippen LogP contribution in [0.25, 0.3) is 0 Å². The van der Waals surface area contributed by atoms with E-state index in [1.807, 2.05) is 6.07 Å². The van der Waals surface area contributed by atoms with Crippen LogP contribution in [0.2, 0.25) is 0 Å². The fourth-order valence-electron chi connectivity index (χ4n) is 3.03. The topological polar surface area (TPSA) is 84.5 Å². The maximum Gasteiger partial charge on any atom is 0.404 e. The third-order valence-electron chi connectivity index (χ3n) is 4.65. The van der Waals surface area contributed by atoms with Gasteiger partial charge < -0.3 is 15.0 Å². The lowest BCUT2D eigenvalue weighted by molar-refractivity contribution is -0.390. The summed E-state index contributed by atoms with van der Waals surface area (Å²) in [5.41, 5.74) is 1.18. The number of nitro groups is 1. The number of nitrogens with zero attached hydrogens (tertiary/aromatic N) is 5. The number of benzene rings is 1. The van der Waals surface area contributed by atoms with Gasteiger partial charge in [-0.25, -0.2) is 4.39 Å². The van der Waals surface area contributed by atoms with Crippen molar-refractivity contribution in [1.82, 2.24) is 19.6 Å². The minimum Gasteiger partial charge on any atom is -0.358 e. The highest BCUT2D eigenvalue weighted by molar-refractivity contribution is 9.10. The van der Waals surface area contributed by atoms with Gasteiger partial charge in [0.1, 0.15) is 16.8 Å². The summed E-state index contributed by atoms with van der Waals surface area (Å²) in [7, 11) is 0. The summed E-state index contributed by atoms with van der Waals surface area (Å²) in [5, 5.41) is 14.9. The average molecular weight is 440 g/mol. The molecule has 27 heavy (non-hydrogen) atoms. The van der Waals surface area contributed by atoms with E-state index in [1.54, 1.807) is 24.0 Å². The normalized spacial score (nSPS) is 15.1. The van der Waals surface area contributed by atoms with E-state index in [1.165, 1.54) is 10.7 Å². The number of carbonyl (C=O) groups is 1. The molecule has 1 aliphatic rings. The molecule has 144 valence electrons. The Bertz CT molecular complexity index is 864. The van der Waals surface area contributed by atoms with E-state index in [4.69, 9.17) is 0 Å². The number of aromatic nitrogens is 2. The Labute approximate surface area is 163 Å². The van der Waals surface area contributed by atoms with Gasteiger partial charge in [0.15, 0.2) is 0 Å². The molecule has 1 saturated heterocycles. The zero-order chi connectivity index (χ0) is 19.6. The molecule has 3 rings (SSSR count). The number of hydrogen-bond donors (Lipinski definition) is 0. The molecule has 1 amide bonds. The van der Waals surface area contributed by atoms with E-state index >= 15 is 0 Å². The molecule has 10 heteroatoms. The second-order valence-electron chi connectivity index (χ2n) is 6.39. The molecule has 1 fully saturated rings. The van der Waals surface area contributed by atoms with Gasteiger partial charge in [-0.15, -0.1) is 0 Å². The molecule has 0 unspecified atom stereocenters. The van der Waals surface area contributed by atoms with Crippen molar-refractivity contribution in [2.75, 3.05) is 26.2 Å². The first kappa shape index (κ1) is 19.4. The van der Waals surface area contributed by atoms with E-state index in [-0.39, 0.29) is 28.6 Å². The van der Waals surface area contributed by atoms with Gasteiger partial charge in [0, 0.05) is 38.3 Å². The van der Waals surface area contributed by atoms with Gasteiger partial charge in [-0.1, -0.05) is 18.2 Å². The lowest BCUT2D eigenvalue weighted by atomic mass is 10.2. The number of amides is 1. The highest BCUT2D eigenvalue weighted by Gasteiger charge is 2.27. The smallest absolute Gasteiger partial charge is 0.358 e. The summed E-state index contributed by atoms with van der Waals surface area (Å²) in [4.78, 5) is 26.7. The van der Waals surface area contributed by atoms with Crippen LogP contribution in [-0.4, -0.2) is 56.6 Å². The maximum atomic E-state index is 13.8. The maximum absolute atomic E-state index is 13.8. The first-order chi connectivity index (χ1) is 12.9. The largest absolute Gasteiger partial charge is 0.404 e. The fraction of sp³-hybridized carbons (Fsp3) is 0.412. The quantitative estimate of drug-likeness (QED) is 0.527. The SMILES string of the molecule is Cc1c(Br)c([N+](=O)[O-])nn1CC(=O)N1CCN(Cc2ccccc2F)CC1. The monoisotopic (exact) mass is 439 g/mol. The molecular weight excluding hydrogens is 421 g/mol. The van der Waals surface area contributed by atoms with Gasteiger partial charge in [-0.3, -0.25) is 9.69 Å². The van der Waals surface area contributed by atoms with E-state index in [9.17, 15) is 19.3 Å². The number of halogens is 2. The number of rotatable bonds is 5. The molecule has 0 N–H and O–H groups in total. The Balaban J connectivity index is 1.57. The number of piperazine rings is 1. The molecule has 1 aromatic carbocycles. The van der Waals surface area contributed by atoms with Crippen LogP contribution in [0.3, 0.4) is 0 Å². The van der Waals surface area contributed by atoms with Crippen molar-refractivity contribution in [3.8, 4) is 0 Å². The van der Waals surface area contributed by atoms with Crippen molar-refractivity contribution >= 4 is 27.7 Å². The third-order valence-corrected chi connectivity index (χ3v) is 5.58. The van der Waals surface area contributed by atoms with E-state index in [0.717, 1.165) is 0 Å². The Hall–Kier alpha value is -2.33. The van der Waals surface area contributed by atoms with Gasteiger partial charge in [0.25, 0.3) is 0 Å². The van der Waals surface area contributed by atoms with Crippen LogP contribution < -0.4 is 0 Å². The van der Waals surface area contributed by atoms with Crippen LogP contribution in [0, 0.1) is 22.9 Å². The van der Waals surface area contributed by atoms with Gasteiger partial charge in [0.05, 0.1) is 10.8 Å². The van der Waals surface area contributed by atoms with Gasteiger partial charge in [-0.05, 0) is 33.8 Å². The predicted octanol–water partition coefficient (Wildman–Crippen LogP) is 2.35. The average Bonchev–Trinajstić information content (AvgIpc) is 2.93. The summed E-state index contributed by atoms with van der Waals surface area (Å²) in [5.74, 6) is -0.666. The summed E-state index contributed by atoms with van der Waals surface area (Å²) >= 11 is 3.15.